The van der Waals surface area contributed by atoms with Crippen LogP contribution in [0.25, 0.3) is 28.2 Å². The summed E-state index contributed by atoms with van der Waals surface area (Å²) < 4.78 is 1.81. The Labute approximate surface area is 163 Å². The minimum atomic E-state index is 0.310. The van der Waals surface area contributed by atoms with E-state index in [1.807, 2.05) is 16.9 Å². The summed E-state index contributed by atoms with van der Waals surface area (Å²) in [7, 11) is 0. The van der Waals surface area contributed by atoms with Gasteiger partial charge in [0.15, 0.2) is 5.65 Å². The lowest BCUT2D eigenvalue weighted by Gasteiger charge is -2.17. The molecule has 1 aliphatic heterocycles. The second-order valence-electron chi connectivity index (χ2n) is 7.71. The first-order valence-electron chi connectivity index (χ1n) is 9.69. The number of aromatic amines is 1. The molecule has 0 spiro atoms. The van der Waals surface area contributed by atoms with Gasteiger partial charge in [0.05, 0.1) is 11.4 Å². The Bertz CT molecular complexity index is 1170. The van der Waals surface area contributed by atoms with Crippen molar-refractivity contribution in [1.29, 1.82) is 0 Å². The predicted octanol–water partition coefficient (Wildman–Crippen LogP) is 3.26. The topological polar surface area (TPSA) is 83.8 Å². The van der Waals surface area contributed by atoms with Crippen molar-refractivity contribution in [1.82, 2.24) is 35.1 Å². The molecular weight excluding hydrogens is 350 g/mol. The molecule has 2 N–H and O–H groups in total. The van der Waals surface area contributed by atoms with Gasteiger partial charge >= 0.3 is 0 Å². The van der Waals surface area contributed by atoms with Gasteiger partial charge in [-0.2, -0.15) is 10.2 Å². The third-order valence-corrected chi connectivity index (χ3v) is 5.42. The van der Waals surface area contributed by atoms with Crippen LogP contribution in [0.15, 0.2) is 30.9 Å². The van der Waals surface area contributed by atoms with Gasteiger partial charge in [0.2, 0.25) is 0 Å². The van der Waals surface area contributed by atoms with Crippen molar-refractivity contribution in [2.75, 3.05) is 6.54 Å². The number of H-pyrrole nitrogens is 1. The number of nitrogens with zero attached hydrogens (tertiary/aromatic N) is 5. The standard InChI is InChI=1S/C21H23N7/c1-12(2)18-19(15-7-14-8-22-5-4-17(14)23-9-15)26-27-20(18)16-6-13(3)21-24-11-25-28(21)10-16/h6-7,9-12,22H,4-5,8H2,1-3H3,(H,26,27). The molecule has 28 heavy (non-hydrogen) atoms. The van der Waals surface area contributed by atoms with Crippen LogP contribution in [0.3, 0.4) is 0 Å². The molecule has 0 amide bonds. The zero-order valence-corrected chi connectivity index (χ0v) is 16.3. The molecule has 0 aromatic carbocycles. The van der Waals surface area contributed by atoms with Crippen LogP contribution in [0.4, 0.5) is 0 Å². The zero-order chi connectivity index (χ0) is 19.3. The fourth-order valence-corrected chi connectivity index (χ4v) is 4.06. The molecule has 4 aromatic rings. The second-order valence-corrected chi connectivity index (χ2v) is 7.71. The normalized spacial score (nSPS) is 14.0. The molecule has 0 radical (unpaired) electrons. The smallest absolute Gasteiger partial charge is 0.158 e. The summed E-state index contributed by atoms with van der Waals surface area (Å²) in [5.41, 5.74) is 9.74. The Morgan fingerprint density at radius 2 is 2.04 bits per heavy atom. The van der Waals surface area contributed by atoms with Gasteiger partial charge in [-0.3, -0.25) is 10.1 Å². The van der Waals surface area contributed by atoms with E-state index in [0.717, 1.165) is 53.2 Å². The third-order valence-electron chi connectivity index (χ3n) is 5.42. The van der Waals surface area contributed by atoms with Gasteiger partial charge in [0, 0.05) is 54.3 Å². The maximum atomic E-state index is 4.72. The predicted molar refractivity (Wildman–Crippen MR) is 108 cm³/mol. The van der Waals surface area contributed by atoms with E-state index >= 15 is 0 Å². The molecule has 0 fully saturated rings. The van der Waals surface area contributed by atoms with E-state index in [1.54, 1.807) is 6.33 Å². The van der Waals surface area contributed by atoms with Crippen LogP contribution in [0.1, 0.15) is 42.1 Å². The van der Waals surface area contributed by atoms with E-state index in [1.165, 1.54) is 16.8 Å². The number of aromatic nitrogens is 6. The van der Waals surface area contributed by atoms with Crippen LogP contribution < -0.4 is 5.32 Å². The second kappa shape index (κ2) is 6.53. The fraction of sp³-hybridized carbons (Fsp3) is 0.333. The van der Waals surface area contributed by atoms with E-state index < -0.39 is 0 Å². The molecule has 142 valence electrons. The molecule has 5 heterocycles. The van der Waals surface area contributed by atoms with Crippen molar-refractivity contribution >= 4 is 5.65 Å². The summed E-state index contributed by atoms with van der Waals surface area (Å²) in [5.74, 6) is 0.310. The molecule has 1 aliphatic rings. The molecule has 5 rings (SSSR count). The van der Waals surface area contributed by atoms with Crippen molar-refractivity contribution in [3.63, 3.8) is 0 Å². The van der Waals surface area contributed by atoms with Gasteiger partial charge in [-0.15, -0.1) is 0 Å². The van der Waals surface area contributed by atoms with Gasteiger partial charge in [-0.1, -0.05) is 13.8 Å². The quantitative estimate of drug-likeness (QED) is 0.576. The SMILES string of the molecule is Cc1cc(-c2n[nH]c(-c3cnc4c(c3)CNCC4)c2C(C)C)cn2ncnc12. The maximum absolute atomic E-state index is 4.72. The highest BCUT2D eigenvalue weighted by Crippen LogP contribution is 2.36. The lowest BCUT2D eigenvalue weighted by Crippen LogP contribution is -2.24. The Hall–Kier alpha value is -3.06. The Kier molecular flexibility index (Phi) is 3.98. The Morgan fingerprint density at radius 1 is 1.14 bits per heavy atom. The molecule has 0 unspecified atom stereocenters. The maximum Gasteiger partial charge on any atom is 0.158 e. The van der Waals surface area contributed by atoms with E-state index in [2.05, 4.69) is 53.4 Å². The molecule has 7 heteroatoms. The third kappa shape index (κ3) is 2.70. The molecule has 4 aromatic heterocycles. The molecule has 0 atom stereocenters. The van der Waals surface area contributed by atoms with Gasteiger partial charge < -0.3 is 5.32 Å². The summed E-state index contributed by atoms with van der Waals surface area (Å²) >= 11 is 0. The minimum absolute atomic E-state index is 0.310. The van der Waals surface area contributed by atoms with Gasteiger partial charge in [0.1, 0.15) is 6.33 Å². The molecule has 7 nitrogen and oxygen atoms in total. The highest BCUT2D eigenvalue weighted by molar-refractivity contribution is 5.75. The monoisotopic (exact) mass is 373 g/mol. The number of fused-ring (bicyclic) bond motifs is 2. The molecule has 0 saturated carbocycles. The van der Waals surface area contributed by atoms with Crippen LogP contribution in [-0.2, 0) is 13.0 Å². The molecule has 0 aliphatic carbocycles. The van der Waals surface area contributed by atoms with Gasteiger partial charge in [0.25, 0.3) is 0 Å². The van der Waals surface area contributed by atoms with Crippen LogP contribution in [0.5, 0.6) is 0 Å². The highest BCUT2D eigenvalue weighted by Gasteiger charge is 2.21. The van der Waals surface area contributed by atoms with Crippen LogP contribution >= 0.6 is 0 Å². The van der Waals surface area contributed by atoms with Crippen molar-refractivity contribution in [2.24, 2.45) is 0 Å². The molecule has 0 bridgehead atoms. The number of pyridine rings is 2. The summed E-state index contributed by atoms with van der Waals surface area (Å²) in [4.78, 5) is 9.03. The Balaban J connectivity index is 1.66. The Morgan fingerprint density at radius 3 is 2.89 bits per heavy atom. The van der Waals surface area contributed by atoms with E-state index in [0.29, 0.717) is 5.92 Å². The van der Waals surface area contributed by atoms with Crippen LogP contribution in [-0.4, -0.2) is 36.3 Å². The molecule has 0 saturated heterocycles. The van der Waals surface area contributed by atoms with Crippen molar-refractivity contribution < 1.29 is 0 Å². The first kappa shape index (κ1) is 17.1. The lowest BCUT2D eigenvalue weighted by atomic mass is 9.93. The number of aryl methyl sites for hydroxylation is 1. The number of nitrogens with one attached hydrogen (secondary N) is 2. The van der Waals surface area contributed by atoms with Crippen molar-refractivity contribution in [2.45, 2.75) is 39.7 Å². The largest absolute Gasteiger partial charge is 0.312 e. The number of rotatable bonds is 3. The van der Waals surface area contributed by atoms with Crippen LogP contribution in [0, 0.1) is 6.92 Å². The summed E-state index contributed by atoms with van der Waals surface area (Å²) in [5, 5.41) is 15.7. The summed E-state index contributed by atoms with van der Waals surface area (Å²) in [6, 6.07) is 4.37. The van der Waals surface area contributed by atoms with Gasteiger partial charge in [-0.25, -0.2) is 9.50 Å². The fourth-order valence-electron chi connectivity index (χ4n) is 4.06. The summed E-state index contributed by atoms with van der Waals surface area (Å²) in [6.07, 6.45) is 6.53. The van der Waals surface area contributed by atoms with Gasteiger partial charge in [-0.05, 0) is 36.1 Å². The van der Waals surface area contributed by atoms with E-state index in [-0.39, 0.29) is 0 Å². The highest BCUT2D eigenvalue weighted by atomic mass is 15.3. The summed E-state index contributed by atoms with van der Waals surface area (Å²) in [6.45, 7) is 8.32. The first-order valence-corrected chi connectivity index (χ1v) is 9.69. The van der Waals surface area contributed by atoms with Crippen LogP contribution in [0.2, 0.25) is 0 Å². The van der Waals surface area contributed by atoms with Crippen molar-refractivity contribution in [3.05, 3.63) is 53.2 Å². The average molecular weight is 373 g/mol. The van der Waals surface area contributed by atoms with Crippen molar-refractivity contribution in [3.8, 4) is 22.5 Å². The first-order chi connectivity index (χ1) is 13.6. The average Bonchev–Trinajstić information content (AvgIpc) is 3.34. The van der Waals surface area contributed by atoms with E-state index in [9.17, 15) is 0 Å². The molecular formula is C21H23N7. The minimum Gasteiger partial charge on any atom is -0.312 e. The number of hydrogen-bond donors (Lipinski definition) is 2. The lowest BCUT2D eigenvalue weighted by molar-refractivity contribution is 0.630. The van der Waals surface area contributed by atoms with E-state index in [4.69, 9.17) is 10.1 Å². The zero-order valence-electron chi connectivity index (χ0n) is 16.3. The number of hydrogen-bond acceptors (Lipinski definition) is 5.